The second-order valence-corrected chi connectivity index (χ2v) is 15.2. The number of hydrogen-bond donors (Lipinski definition) is 2. The van der Waals surface area contributed by atoms with E-state index in [1.54, 1.807) is 0 Å². The molecule has 0 spiro atoms. The molecule has 0 radical (unpaired) electrons. The number of aliphatic hydroxyl groups is 1. The van der Waals surface area contributed by atoms with Crippen molar-refractivity contribution in [2.24, 2.45) is 0 Å². The summed E-state index contributed by atoms with van der Waals surface area (Å²) in [5.74, 6) is -0.396. The van der Waals surface area contributed by atoms with Crippen molar-refractivity contribution in [2.75, 3.05) is 47.5 Å². The van der Waals surface area contributed by atoms with Crippen LogP contribution in [0.25, 0.3) is 0 Å². The number of ether oxygens (including phenoxy) is 1. The smallest absolute Gasteiger partial charge is 0.463 e. The predicted octanol–water partition coefficient (Wildman–Crippen LogP) is 11.0. The monoisotopic (exact) mass is 759 g/mol. The number of carbonyl (C=O) groups excluding carboxylic acids is 1. The fraction of sp³-hybridized carbons (Fsp3) is 0.568. The zero-order valence-electron chi connectivity index (χ0n) is 33.4. The molecule has 2 N–H and O–H groups in total. The van der Waals surface area contributed by atoms with Crippen molar-refractivity contribution in [1.82, 2.24) is 0 Å². The lowest BCUT2D eigenvalue weighted by Crippen LogP contribution is -2.37. The van der Waals surface area contributed by atoms with Gasteiger partial charge in [0, 0.05) is 6.42 Å². The van der Waals surface area contributed by atoms with Crippen molar-refractivity contribution in [1.29, 1.82) is 0 Å². The van der Waals surface area contributed by atoms with Gasteiger partial charge >= 0.3 is 13.8 Å². The van der Waals surface area contributed by atoms with Crippen molar-refractivity contribution >= 4 is 13.8 Å². The maximum absolute atomic E-state index is 11.9. The van der Waals surface area contributed by atoms with Crippen LogP contribution in [0.2, 0.25) is 0 Å². The Morgan fingerprint density at radius 1 is 0.585 bits per heavy atom. The molecular weight excluding hydrogens is 685 g/mol. The van der Waals surface area contributed by atoms with Gasteiger partial charge in [0.2, 0.25) is 0 Å². The fourth-order valence-electron chi connectivity index (χ4n) is 4.47. The Hall–Kier alpha value is -2.84. The number of phosphoric acid groups is 1. The molecule has 8 nitrogen and oxygen atoms in total. The molecule has 2 unspecified atom stereocenters. The number of quaternary nitrogens is 1. The molecule has 0 amide bonds. The summed E-state index contributed by atoms with van der Waals surface area (Å²) in [6, 6.07) is 0. The number of hydrogen-bond acceptors (Lipinski definition) is 6. The topological polar surface area (TPSA) is 102 Å². The van der Waals surface area contributed by atoms with E-state index < -0.39 is 26.5 Å². The zero-order valence-corrected chi connectivity index (χ0v) is 34.3. The van der Waals surface area contributed by atoms with Crippen LogP contribution in [0.1, 0.15) is 110 Å². The number of phosphoric ester groups is 1. The highest BCUT2D eigenvalue weighted by Gasteiger charge is 2.24. The lowest BCUT2D eigenvalue weighted by atomic mass is 10.1. The maximum atomic E-state index is 11.9. The summed E-state index contributed by atoms with van der Waals surface area (Å²) in [5.41, 5.74) is 0. The van der Waals surface area contributed by atoms with Crippen LogP contribution in [0.15, 0.2) is 109 Å². The molecule has 0 aliphatic rings. The van der Waals surface area contributed by atoms with Crippen LogP contribution in [-0.4, -0.2) is 74.1 Å². The summed E-state index contributed by atoms with van der Waals surface area (Å²) in [6.07, 6.45) is 54.0. The number of aliphatic hydroxyl groups excluding tert-OH is 1. The SMILES string of the molecule is CC/C=C\C/C=C\C/C=C\C/C=C\C/C=C\C/C=C\C/C=C\C/C=C\C/C=C\CCCCCCCC(=O)OCC(O)COP(=O)(O)OCC[N+](C)(C)C. The first-order chi connectivity index (χ1) is 25.6. The Morgan fingerprint density at radius 3 is 1.42 bits per heavy atom. The third kappa shape index (κ3) is 41.8. The Kier molecular flexibility index (Phi) is 34.2. The van der Waals surface area contributed by atoms with E-state index in [-0.39, 0.29) is 19.6 Å². The van der Waals surface area contributed by atoms with E-state index in [0.29, 0.717) is 11.0 Å². The van der Waals surface area contributed by atoms with Gasteiger partial charge in [-0.25, -0.2) is 4.57 Å². The van der Waals surface area contributed by atoms with E-state index in [2.05, 4.69) is 116 Å². The van der Waals surface area contributed by atoms with Gasteiger partial charge in [-0.05, 0) is 77.0 Å². The minimum Gasteiger partial charge on any atom is -0.463 e. The highest BCUT2D eigenvalue weighted by molar-refractivity contribution is 7.47. The van der Waals surface area contributed by atoms with Crippen LogP contribution in [0, 0.1) is 0 Å². The summed E-state index contributed by atoms with van der Waals surface area (Å²) in [4.78, 5) is 21.6. The Morgan fingerprint density at radius 2 is 0.981 bits per heavy atom. The van der Waals surface area contributed by atoms with Gasteiger partial charge in [-0.2, -0.15) is 0 Å². The summed E-state index contributed by atoms with van der Waals surface area (Å²) in [5, 5.41) is 9.90. The van der Waals surface area contributed by atoms with Gasteiger partial charge in [0.15, 0.2) is 0 Å². The molecule has 0 aliphatic heterocycles. The molecule has 0 fully saturated rings. The number of nitrogens with zero attached hydrogens (tertiary/aromatic N) is 1. The van der Waals surface area contributed by atoms with Crippen LogP contribution in [0.5, 0.6) is 0 Å². The number of unbranched alkanes of at least 4 members (excludes halogenated alkanes) is 5. The standard InChI is InChI=1S/C44H72NO7P/c1-5-6-7-8-9-10-11-12-13-14-15-16-17-18-19-20-21-22-23-24-25-26-27-28-29-30-31-32-33-34-35-36-37-38-44(47)50-41-43(46)42-52-53(48,49)51-40-39-45(2,3)4/h6-7,9-10,12-13,15-16,18-19,21-22,24-25,27-28,30-31,43,46H,5,8,11,14,17,20,23,26,29,32-42H2,1-4H3/p+1/b7-6-,10-9-,13-12-,16-15-,19-18-,22-21-,25-24-,28-27-,31-30-. The average molecular weight is 759 g/mol. The minimum absolute atomic E-state index is 0.0446. The van der Waals surface area contributed by atoms with Gasteiger partial charge in [0.25, 0.3) is 0 Å². The Labute approximate surface area is 323 Å². The van der Waals surface area contributed by atoms with Gasteiger partial charge in [0.05, 0.1) is 27.7 Å². The quantitative estimate of drug-likeness (QED) is 0.0221. The van der Waals surface area contributed by atoms with Gasteiger partial charge in [-0.1, -0.05) is 136 Å². The van der Waals surface area contributed by atoms with Crippen LogP contribution in [0.3, 0.4) is 0 Å². The van der Waals surface area contributed by atoms with E-state index in [9.17, 15) is 19.4 Å². The lowest BCUT2D eigenvalue weighted by Gasteiger charge is -2.24. The largest absolute Gasteiger partial charge is 0.472 e. The molecule has 0 saturated carbocycles. The van der Waals surface area contributed by atoms with Crippen molar-refractivity contribution in [3.8, 4) is 0 Å². The summed E-state index contributed by atoms with van der Waals surface area (Å²) < 4.78 is 27.2. The van der Waals surface area contributed by atoms with Crippen molar-refractivity contribution < 1.29 is 37.6 Å². The highest BCUT2D eigenvalue weighted by atomic mass is 31.2. The van der Waals surface area contributed by atoms with Gasteiger partial charge < -0.3 is 19.2 Å². The van der Waals surface area contributed by atoms with E-state index in [1.165, 1.54) is 0 Å². The maximum Gasteiger partial charge on any atom is 0.472 e. The van der Waals surface area contributed by atoms with Gasteiger partial charge in [-0.3, -0.25) is 13.8 Å². The number of allylic oxidation sites excluding steroid dienone is 18. The first-order valence-electron chi connectivity index (χ1n) is 19.7. The van der Waals surface area contributed by atoms with Crippen molar-refractivity contribution in [3.63, 3.8) is 0 Å². The van der Waals surface area contributed by atoms with Gasteiger partial charge in [0.1, 0.15) is 25.9 Å². The molecule has 0 aromatic rings. The first-order valence-corrected chi connectivity index (χ1v) is 21.2. The molecular formula is C44H73NO7P+. The molecule has 0 aliphatic carbocycles. The van der Waals surface area contributed by atoms with Crippen LogP contribution in [-0.2, 0) is 23.1 Å². The summed E-state index contributed by atoms with van der Waals surface area (Å²) in [6.45, 7) is 1.98. The summed E-state index contributed by atoms with van der Waals surface area (Å²) >= 11 is 0. The van der Waals surface area contributed by atoms with E-state index >= 15 is 0 Å². The lowest BCUT2D eigenvalue weighted by molar-refractivity contribution is -0.870. The van der Waals surface area contributed by atoms with Crippen LogP contribution in [0.4, 0.5) is 0 Å². The second kappa shape index (κ2) is 36.2. The molecule has 0 bridgehead atoms. The zero-order chi connectivity index (χ0) is 39.1. The molecule has 0 rings (SSSR count). The minimum atomic E-state index is -4.26. The number of rotatable bonds is 34. The molecule has 0 aromatic heterocycles. The normalized spacial score (nSPS) is 15.1. The number of esters is 1. The van der Waals surface area contributed by atoms with E-state index in [0.717, 1.165) is 96.3 Å². The second-order valence-electron chi connectivity index (χ2n) is 13.8. The van der Waals surface area contributed by atoms with Crippen molar-refractivity contribution in [2.45, 2.75) is 116 Å². The van der Waals surface area contributed by atoms with Crippen LogP contribution < -0.4 is 0 Å². The number of likely N-dealkylation sites (N-methyl/N-ethyl adjacent to an activating group) is 1. The molecule has 300 valence electrons. The number of carbonyl (C=O) groups is 1. The molecule has 0 heterocycles. The van der Waals surface area contributed by atoms with E-state index in [1.807, 2.05) is 21.1 Å². The van der Waals surface area contributed by atoms with Crippen LogP contribution >= 0.6 is 7.82 Å². The fourth-order valence-corrected chi connectivity index (χ4v) is 5.22. The molecule has 2 atom stereocenters. The highest BCUT2D eigenvalue weighted by Crippen LogP contribution is 2.43. The third-order valence-corrected chi connectivity index (χ3v) is 8.53. The molecule has 0 aromatic carbocycles. The third-order valence-electron chi connectivity index (χ3n) is 7.55. The molecule has 0 saturated heterocycles. The molecule has 9 heteroatoms. The summed E-state index contributed by atoms with van der Waals surface area (Å²) in [7, 11) is 1.53. The molecule has 53 heavy (non-hydrogen) atoms. The van der Waals surface area contributed by atoms with Crippen molar-refractivity contribution in [3.05, 3.63) is 109 Å². The van der Waals surface area contributed by atoms with E-state index in [4.69, 9.17) is 13.8 Å². The average Bonchev–Trinajstić information content (AvgIpc) is 3.11. The predicted molar refractivity (Wildman–Crippen MR) is 223 cm³/mol. The van der Waals surface area contributed by atoms with Gasteiger partial charge in [-0.15, -0.1) is 0 Å². The first kappa shape index (κ1) is 50.2. The Balaban J connectivity index is 3.65. The Bertz CT molecular complexity index is 1200.